The van der Waals surface area contributed by atoms with Crippen molar-refractivity contribution in [3.63, 3.8) is 0 Å². The van der Waals surface area contributed by atoms with Gasteiger partial charge in [-0.3, -0.25) is 9.89 Å². The smallest absolute Gasteiger partial charge is 0.387 e. The van der Waals surface area contributed by atoms with Gasteiger partial charge in [-0.25, -0.2) is 0 Å². The summed E-state index contributed by atoms with van der Waals surface area (Å²) in [5.41, 5.74) is 6.02. The van der Waals surface area contributed by atoms with Crippen molar-refractivity contribution in [2.24, 2.45) is 0 Å². The number of hydrogen-bond donors (Lipinski definition) is 3. The molecule has 0 spiro atoms. The highest BCUT2D eigenvalue weighted by molar-refractivity contribution is 6.06. The SMILES string of the molecule is COc1ccc(NC(=O)c2[nH]ncc2N)cc1OC(F)F. The van der Waals surface area contributed by atoms with Gasteiger partial charge in [-0.05, 0) is 12.1 Å². The zero-order valence-corrected chi connectivity index (χ0v) is 10.9. The van der Waals surface area contributed by atoms with Crippen LogP contribution in [0.25, 0.3) is 0 Å². The number of carbonyl (C=O) groups excluding carboxylic acids is 1. The van der Waals surface area contributed by atoms with Gasteiger partial charge in [0.05, 0.1) is 19.0 Å². The van der Waals surface area contributed by atoms with Crippen LogP contribution in [0.15, 0.2) is 24.4 Å². The third-order valence-electron chi connectivity index (χ3n) is 2.53. The molecular weight excluding hydrogens is 286 g/mol. The van der Waals surface area contributed by atoms with E-state index in [1.807, 2.05) is 0 Å². The Bertz CT molecular complexity index is 645. The van der Waals surface area contributed by atoms with Crippen LogP contribution in [0.4, 0.5) is 20.2 Å². The molecule has 4 N–H and O–H groups in total. The Morgan fingerprint density at radius 3 is 2.76 bits per heavy atom. The van der Waals surface area contributed by atoms with E-state index in [0.29, 0.717) is 0 Å². The Labute approximate surface area is 118 Å². The normalized spacial score (nSPS) is 10.5. The fourth-order valence-electron chi connectivity index (χ4n) is 1.61. The molecule has 0 atom stereocenters. The van der Waals surface area contributed by atoms with Crippen molar-refractivity contribution in [3.8, 4) is 11.5 Å². The summed E-state index contributed by atoms with van der Waals surface area (Å²) < 4.78 is 33.8. The molecule has 0 aliphatic rings. The molecule has 0 bridgehead atoms. The second kappa shape index (κ2) is 6.07. The van der Waals surface area contributed by atoms with E-state index in [0.717, 1.165) is 0 Å². The van der Waals surface area contributed by atoms with Crippen molar-refractivity contribution in [2.75, 3.05) is 18.2 Å². The van der Waals surface area contributed by atoms with Crippen LogP contribution >= 0.6 is 0 Å². The van der Waals surface area contributed by atoms with E-state index < -0.39 is 12.5 Å². The molecule has 112 valence electrons. The molecule has 0 saturated carbocycles. The molecular formula is C12H12F2N4O3. The lowest BCUT2D eigenvalue weighted by Crippen LogP contribution is -2.14. The first-order valence-electron chi connectivity index (χ1n) is 5.74. The van der Waals surface area contributed by atoms with Crippen LogP contribution in [-0.4, -0.2) is 29.8 Å². The molecule has 0 unspecified atom stereocenters. The van der Waals surface area contributed by atoms with Crippen LogP contribution in [0.2, 0.25) is 0 Å². The molecule has 0 fully saturated rings. The first kappa shape index (κ1) is 14.6. The number of amides is 1. The van der Waals surface area contributed by atoms with Crippen LogP contribution in [0, 0.1) is 0 Å². The minimum Gasteiger partial charge on any atom is -0.493 e. The minimum atomic E-state index is -3.01. The molecule has 2 rings (SSSR count). The van der Waals surface area contributed by atoms with Gasteiger partial charge >= 0.3 is 6.61 Å². The number of H-pyrrole nitrogens is 1. The lowest BCUT2D eigenvalue weighted by atomic mass is 10.2. The molecule has 1 aromatic heterocycles. The predicted molar refractivity (Wildman–Crippen MR) is 70.6 cm³/mol. The van der Waals surface area contributed by atoms with E-state index >= 15 is 0 Å². The van der Waals surface area contributed by atoms with Crippen LogP contribution in [0.3, 0.4) is 0 Å². The number of carbonyl (C=O) groups is 1. The molecule has 0 aliphatic heterocycles. The molecule has 1 aromatic carbocycles. The van der Waals surface area contributed by atoms with Gasteiger partial charge in [-0.15, -0.1) is 0 Å². The maximum absolute atomic E-state index is 12.3. The van der Waals surface area contributed by atoms with Crippen LogP contribution < -0.4 is 20.5 Å². The summed E-state index contributed by atoms with van der Waals surface area (Å²) in [4.78, 5) is 11.9. The lowest BCUT2D eigenvalue weighted by molar-refractivity contribution is -0.0511. The summed E-state index contributed by atoms with van der Waals surface area (Å²) in [6.45, 7) is -3.01. The second-order valence-electron chi connectivity index (χ2n) is 3.90. The van der Waals surface area contributed by atoms with Crippen molar-refractivity contribution in [1.82, 2.24) is 10.2 Å². The van der Waals surface area contributed by atoms with Gasteiger partial charge in [-0.2, -0.15) is 13.9 Å². The van der Waals surface area contributed by atoms with Gasteiger partial charge in [0, 0.05) is 11.8 Å². The summed E-state index contributed by atoms with van der Waals surface area (Å²) in [5, 5.41) is 8.53. The number of nitrogens with zero attached hydrogens (tertiary/aromatic N) is 1. The van der Waals surface area contributed by atoms with Crippen molar-refractivity contribution in [2.45, 2.75) is 6.61 Å². The maximum atomic E-state index is 12.3. The fourth-order valence-corrected chi connectivity index (χ4v) is 1.61. The van der Waals surface area contributed by atoms with Crippen molar-refractivity contribution in [1.29, 1.82) is 0 Å². The summed E-state index contributed by atoms with van der Waals surface area (Å²) in [6, 6.07) is 4.08. The Kier molecular flexibility index (Phi) is 4.21. The summed E-state index contributed by atoms with van der Waals surface area (Å²) in [6.07, 6.45) is 1.29. The van der Waals surface area contributed by atoms with E-state index in [-0.39, 0.29) is 28.6 Å². The standard InChI is InChI=1S/C12H12F2N4O3/c1-20-8-3-2-6(4-9(8)21-12(13)14)17-11(19)10-7(15)5-16-18-10/h2-5,12H,15H2,1H3,(H,16,18)(H,17,19). The molecule has 9 heteroatoms. The van der Waals surface area contributed by atoms with Gasteiger partial charge < -0.3 is 20.5 Å². The summed E-state index contributed by atoms with van der Waals surface area (Å²) in [5.74, 6) is -0.629. The number of rotatable bonds is 5. The Hall–Kier alpha value is -2.84. The van der Waals surface area contributed by atoms with Gasteiger partial charge in [0.1, 0.15) is 5.69 Å². The van der Waals surface area contributed by atoms with Gasteiger partial charge in [0.15, 0.2) is 11.5 Å². The zero-order chi connectivity index (χ0) is 15.4. The number of methoxy groups -OCH3 is 1. The largest absolute Gasteiger partial charge is 0.493 e. The zero-order valence-electron chi connectivity index (χ0n) is 10.9. The Balaban J connectivity index is 2.20. The fraction of sp³-hybridized carbons (Fsp3) is 0.167. The average molecular weight is 298 g/mol. The number of anilines is 2. The third kappa shape index (κ3) is 3.38. The topological polar surface area (TPSA) is 102 Å². The van der Waals surface area contributed by atoms with Gasteiger partial charge in [0.25, 0.3) is 5.91 Å². The lowest BCUT2D eigenvalue weighted by Gasteiger charge is -2.12. The number of aromatic amines is 1. The number of ether oxygens (including phenoxy) is 2. The average Bonchev–Trinajstić information content (AvgIpc) is 2.85. The van der Waals surface area contributed by atoms with E-state index in [9.17, 15) is 13.6 Å². The highest BCUT2D eigenvalue weighted by Crippen LogP contribution is 2.31. The second-order valence-corrected chi connectivity index (χ2v) is 3.90. The first-order valence-corrected chi connectivity index (χ1v) is 5.74. The minimum absolute atomic E-state index is 0.0714. The van der Waals surface area contributed by atoms with Crippen LogP contribution in [-0.2, 0) is 0 Å². The predicted octanol–water partition coefficient (Wildman–Crippen LogP) is 1.85. The number of nitrogens with one attached hydrogen (secondary N) is 2. The van der Waals surface area contributed by atoms with Gasteiger partial charge in [0.2, 0.25) is 0 Å². The van der Waals surface area contributed by atoms with E-state index in [1.54, 1.807) is 0 Å². The number of hydrogen-bond acceptors (Lipinski definition) is 5. The molecule has 1 heterocycles. The van der Waals surface area contributed by atoms with E-state index in [1.165, 1.54) is 31.5 Å². The van der Waals surface area contributed by atoms with E-state index in [4.69, 9.17) is 10.5 Å². The summed E-state index contributed by atoms with van der Waals surface area (Å²) in [7, 11) is 1.32. The Morgan fingerprint density at radius 2 is 2.19 bits per heavy atom. The molecule has 7 nitrogen and oxygen atoms in total. The molecule has 0 aliphatic carbocycles. The number of halogens is 2. The molecule has 2 aromatic rings. The maximum Gasteiger partial charge on any atom is 0.387 e. The number of nitrogen functional groups attached to an aromatic ring is 1. The Morgan fingerprint density at radius 1 is 1.43 bits per heavy atom. The quantitative estimate of drug-likeness (QED) is 0.782. The van der Waals surface area contributed by atoms with Gasteiger partial charge in [-0.1, -0.05) is 0 Å². The molecule has 0 radical (unpaired) electrons. The molecule has 1 amide bonds. The van der Waals surface area contributed by atoms with E-state index in [2.05, 4.69) is 20.3 Å². The van der Waals surface area contributed by atoms with Crippen LogP contribution in [0.1, 0.15) is 10.5 Å². The molecule has 0 saturated heterocycles. The number of nitrogens with two attached hydrogens (primary N) is 1. The first-order chi connectivity index (χ1) is 10.0. The number of benzene rings is 1. The molecule has 21 heavy (non-hydrogen) atoms. The third-order valence-corrected chi connectivity index (χ3v) is 2.53. The number of aromatic nitrogens is 2. The van der Waals surface area contributed by atoms with Crippen LogP contribution in [0.5, 0.6) is 11.5 Å². The summed E-state index contributed by atoms with van der Waals surface area (Å²) >= 11 is 0. The number of alkyl halides is 2. The van der Waals surface area contributed by atoms with Crippen molar-refractivity contribution < 1.29 is 23.0 Å². The highest BCUT2D eigenvalue weighted by atomic mass is 19.3. The monoisotopic (exact) mass is 298 g/mol. The van der Waals surface area contributed by atoms with Crippen molar-refractivity contribution >= 4 is 17.3 Å². The van der Waals surface area contributed by atoms with Crippen molar-refractivity contribution in [3.05, 3.63) is 30.1 Å². The highest BCUT2D eigenvalue weighted by Gasteiger charge is 2.15.